The van der Waals surface area contributed by atoms with Gasteiger partial charge in [-0.3, -0.25) is 4.79 Å². The smallest absolute Gasteiger partial charge is 0.157 e. The average Bonchev–Trinajstić information content (AvgIpc) is 2.34. The quantitative estimate of drug-likeness (QED) is 0.873. The van der Waals surface area contributed by atoms with E-state index in [1.165, 1.54) is 0 Å². The first-order chi connectivity index (χ1) is 8.96. The fourth-order valence-electron chi connectivity index (χ4n) is 2.48. The van der Waals surface area contributed by atoms with E-state index in [1.54, 1.807) is 6.08 Å². The van der Waals surface area contributed by atoms with Crippen molar-refractivity contribution in [1.82, 2.24) is 5.32 Å². The number of hydrogen-bond donors (Lipinski definition) is 2. The van der Waals surface area contributed by atoms with E-state index in [9.17, 15) is 9.90 Å². The zero-order valence-corrected chi connectivity index (χ0v) is 11.5. The highest BCUT2D eigenvalue weighted by molar-refractivity contribution is 5.91. The van der Waals surface area contributed by atoms with Gasteiger partial charge in [-0.05, 0) is 17.4 Å². The molecule has 0 aliphatic heterocycles. The highest BCUT2D eigenvalue weighted by atomic mass is 16.3. The molecular formula is C16H21NO2. The van der Waals surface area contributed by atoms with Crippen LogP contribution >= 0.6 is 0 Å². The van der Waals surface area contributed by atoms with Crippen molar-refractivity contribution < 1.29 is 9.90 Å². The second kappa shape index (κ2) is 5.57. The Kier molecular flexibility index (Phi) is 4.05. The lowest BCUT2D eigenvalue weighted by atomic mass is 9.79. The third kappa shape index (κ3) is 3.93. The molecule has 1 aromatic carbocycles. The van der Waals surface area contributed by atoms with E-state index in [0.29, 0.717) is 13.0 Å². The third-order valence-electron chi connectivity index (χ3n) is 3.36. The number of benzene rings is 1. The van der Waals surface area contributed by atoms with Crippen molar-refractivity contribution >= 4 is 5.78 Å². The molecule has 1 aliphatic carbocycles. The minimum absolute atomic E-state index is 0.00582. The number of rotatable bonds is 4. The molecule has 0 saturated heterocycles. The molecule has 3 heteroatoms. The second-order valence-corrected chi connectivity index (χ2v) is 5.96. The number of carbonyl (C=O) groups is 1. The number of aliphatic hydroxyl groups is 1. The maximum Gasteiger partial charge on any atom is 0.157 e. The molecule has 0 bridgehead atoms. The summed E-state index contributed by atoms with van der Waals surface area (Å²) in [6, 6.07) is 9.54. The molecule has 1 atom stereocenters. The standard InChI is InChI=1S/C16H21NO2/c1-16(2)9-13(8-14(18)10-16)17-11-15(19)12-6-4-3-5-7-12/h3-8,15,17,19H,9-11H2,1-2H3/t15-/m1/s1. The van der Waals surface area contributed by atoms with Crippen LogP contribution in [0.4, 0.5) is 0 Å². The Balaban J connectivity index is 1.94. The molecule has 0 fully saturated rings. The van der Waals surface area contributed by atoms with Crippen molar-refractivity contribution in [3.8, 4) is 0 Å². The van der Waals surface area contributed by atoms with Crippen LogP contribution in [0.15, 0.2) is 42.1 Å². The van der Waals surface area contributed by atoms with Gasteiger partial charge in [0.15, 0.2) is 5.78 Å². The van der Waals surface area contributed by atoms with Gasteiger partial charge >= 0.3 is 0 Å². The van der Waals surface area contributed by atoms with Crippen LogP contribution in [-0.2, 0) is 4.79 Å². The summed E-state index contributed by atoms with van der Waals surface area (Å²) in [6.07, 6.45) is 2.56. The summed E-state index contributed by atoms with van der Waals surface area (Å²) in [4.78, 5) is 11.6. The molecule has 1 aliphatic rings. The molecule has 0 heterocycles. The highest BCUT2D eigenvalue weighted by Crippen LogP contribution is 2.32. The fourth-order valence-corrected chi connectivity index (χ4v) is 2.48. The fraction of sp³-hybridized carbons (Fsp3) is 0.438. The molecule has 0 amide bonds. The molecule has 2 N–H and O–H groups in total. The summed E-state index contributed by atoms with van der Waals surface area (Å²) >= 11 is 0. The van der Waals surface area contributed by atoms with Gasteiger partial charge in [0.05, 0.1) is 6.10 Å². The Hall–Kier alpha value is -1.61. The van der Waals surface area contributed by atoms with E-state index in [4.69, 9.17) is 0 Å². The topological polar surface area (TPSA) is 49.3 Å². The summed E-state index contributed by atoms with van der Waals surface area (Å²) in [5.74, 6) is 0.160. The van der Waals surface area contributed by atoms with Crippen molar-refractivity contribution in [2.24, 2.45) is 5.41 Å². The van der Waals surface area contributed by atoms with Crippen molar-refractivity contribution in [1.29, 1.82) is 0 Å². The summed E-state index contributed by atoms with van der Waals surface area (Å²) < 4.78 is 0. The van der Waals surface area contributed by atoms with Crippen molar-refractivity contribution in [2.45, 2.75) is 32.8 Å². The number of nitrogens with one attached hydrogen (secondary N) is 1. The monoisotopic (exact) mass is 259 g/mol. The first-order valence-corrected chi connectivity index (χ1v) is 6.67. The van der Waals surface area contributed by atoms with E-state index in [-0.39, 0.29) is 11.2 Å². The zero-order chi connectivity index (χ0) is 13.9. The van der Waals surface area contributed by atoms with Crippen LogP contribution in [0.2, 0.25) is 0 Å². The van der Waals surface area contributed by atoms with Gasteiger partial charge in [-0.2, -0.15) is 0 Å². The molecule has 0 radical (unpaired) electrons. The molecule has 2 rings (SSSR count). The summed E-state index contributed by atoms with van der Waals surface area (Å²) in [6.45, 7) is 4.61. The summed E-state index contributed by atoms with van der Waals surface area (Å²) in [7, 11) is 0. The van der Waals surface area contributed by atoms with Crippen LogP contribution in [-0.4, -0.2) is 17.4 Å². The van der Waals surface area contributed by atoms with Gasteiger partial charge in [-0.1, -0.05) is 44.2 Å². The Morgan fingerprint density at radius 1 is 1.26 bits per heavy atom. The first kappa shape index (κ1) is 13.8. The van der Waals surface area contributed by atoms with E-state index < -0.39 is 6.10 Å². The molecule has 102 valence electrons. The molecular weight excluding hydrogens is 238 g/mol. The molecule has 1 aromatic rings. The lowest BCUT2D eigenvalue weighted by Gasteiger charge is -2.29. The van der Waals surface area contributed by atoms with Gasteiger partial charge in [-0.25, -0.2) is 0 Å². The Bertz CT molecular complexity index is 477. The molecule has 0 aromatic heterocycles. The molecule has 0 spiro atoms. The van der Waals surface area contributed by atoms with Crippen molar-refractivity contribution in [2.75, 3.05) is 6.54 Å². The predicted octanol–water partition coefficient (Wildman–Crippen LogP) is 2.58. The van der Waals surface area contributed by atoms with Crippen LogP contribution in [0, 0.1) is 5.41 Å². The Labute approximate surface area is 114 Å². The van der Waals surface area contributed by atoms with Gasteiger partial charge in [-0.15, -0.1) is 0 Å². The number of allylic oxidation sites excluding steroid dienone is 2. The van der Waals surface area contributed by atoms with Crippen molar-refractivity contribution in [3.05, 3.63) is 47.7 Å². The minimum Gasteiger partial charge on any atom is -0.387 e. The highest BCUT2D eigenvalue weighted by Gasteiger charge is 2.27. The first-order valence-electron chi connectivity index (χ1n) is 6.67. The Morgan fingerprint density at radius 2 is 1.95 bits per heavy atom. The summed E-state index contributed by atoms with van der Waals surface area (Å²) in [5.41, 5.74) is 1.82. The normalized spacial score (nSPS) is 19.7. The largest absolute Gasteiger partial charge is 0.387 e. The van der Waals surface area contributed by atoms with E-state index in [0.717, 1.165) is 17.7 Å². The third-order valence-corrected chi connectivity index (χ3v) is 3.36. The van der Waals surface area contributed by atoms with Crippen LogP contribution < -0.4 is 5.32 Å². The minimum atomic E-state index is -0.553. The second-order valence-electron chi connectivity index (χ2n) is 5.96. The van der Waals surface area contributed by atoms with Crippen LogP contribution in [0.25, 0.3) is 0 Å². The van der Waals surface area contributed by atoms with Gasteiger partial charge in [0, 0.05) is 24.7 Å². The van der Waals surface area contributed by atoms with E-state index in [2.05, 4.69) is 19.2 Å². The SMILES string of the molecule is CC1(C)CC(=O)C=C(NC[C@@H](O)c2ccccc2)C1. The number of hydrogen-bond acceptors (Lipinski definition) is 3. The van der Waals surface area contributed by atoms with Gasteiger partial charge < -0.3 is 10.4 Å². The maximum atomic E-state index is 11.6. The number of aliphatic hydroxyl groups excluding tert-OH is 1. The van der Waals surface area contributed by atoms with Gasteiger partial charge in [0.2, 0.25) is 0 Å². The predicted molar refractivity (Wildman–Crippen MR) is 75.5 cm³/mol. The Morgan fingerprint density at radius 3 is 2.58 bits per heavy atom. The van der Waals surface area contributed by atoms with Gasteiger partial charge in [0.1, 0.15) is 0 Å². The molecule has 0 saturated carbocycles. The average molecular weight is 259 g/mol. The van der Waals surface area contributed by atoms with Crippen molar-refractivity contribution in [3.63, 3.8) is 0 Å². The van der Waals surface area contributed by atoms with E-state index in [1.807, 2.05) is 30.3 Å². The van der Waals surface area contributed by atoms with Crippen LogP contribution in [0.1, 0.15) is 38.4 Å². The van der Waals surface area contributed by atoms with Crippen LogP contribution in [0.5, 0.6) is 0 Å². The summed E-state index contributed by atoms with van der Waals surface area (Å²) in [5, 5.41) is 13.3. The maximum absolute atomic E-state index is 11.6. The van der Waals surface area contributed by atoms with E-state index >= 15 is 0 Å². The lowest BCUT2D eigenvalue weighted by Crippen LogP contribution is -2.30. The van der Waals surface area contributed by atoms with Crippen LogP contribution in [0.3, 0.4) is 0 Å². The zero-order valence-electron chi connectivity index (χ0n) is 11.5. The molecule has 0 unspecified atom stereocenters. The molecule has 19 heavy (non-hydrogen) atoms. The number of carbonyl (C=O) groups excluding carboxylic acids is 1. The number of ketones is 1. The molecule has 3 nitrogen and oxygen atoms in total. The lowest BCUT2D eigenvalue weighted by molar-refractivity contribution is -0.117. The van der Waals surface area contributed by atoms with Gasteiger partial charge in [0.25, 0.3) is 0 Å².